The number of rotatable bonds is 5. The number of nitrogens with one attached hydrogen (secondary N) is 1. The Balaban J connectivity index is 1.83. The van der Waals surface area contributed by atoms with Crippen molar-refractivity contribution in [1.29, 1.82) is 0 Å². The smallest absolute Gasteiger partial charge is 0.251 e. The normalized spacial score (nSPS) is 20.6. The van der Waals surface area contributed by atoms with Crippen molar-refractivity contribution < 1.29 is 13.2 Å². The van der Waals surface area contributed by atoms with Gasteiger partial charge in [0, 0.05) is 24.7 Å². The minimum atomic E-state index is -3.53. The first-order valence-electron chi connectivity index (χ1n) is 8.81. The molecule has 3 rings (SSSR count). The number of carbonyl (C=O) groups excluding carboxylic acids is 1. The Labute approximate surface area is 144 Å². The van der Waals surface area contributed by atoms with Crippen LogP contribution in [0.4, 0.5) is 0 Å². The van der Waals surface area contributed by atoms with E-state index in [0.29, 0.717) is 30.1 Å². The van der Waals surface area contributed by atoms with E-state index < -0.39 is 10.0 Å². The summed E-state index contributed by atoms with van der Waals surface area (Å²) >= 11 is 0. The minimum absolute atomic E-state index is 0.140. The van der Waals surface area contributed by atoms with Crippen LogP contribution in [-0.2, 0) is 10.0 Å². The maximum absolute atomic E-state index is 12.9. The number of aryl methyl sites for hydroxylation is 1. The summed E-state index contributed by atoms with van der Waals surface area (Å²) in [5.41, 5.74) is 1.11. The van der Waals surface area contributed by atoms with Crippen LogP contribution in [0.25, 0.3) is 0 Å². The van der Waals surface area contributed by atoms with Crippen LogP contribution in [0, 0.1) is 12.8 Å². The van der Waals surface area contributed by atoms with Crippen LogP contribution in [0.5, 0.6) is 0 Å². The molecule has 0 aromatic heterocycles. The Morgan fingerprint density at radius 2 is 1.88 bits per heavy atom. The predicted octanol–water partition coefficient (Wildman–Crippen LogP) is 2.70. The van der Waals surface area contributed by atoms with Crippen molar-refractivity contribution in [2.75, 3.05) is 13.1 Å². The third kappa shape index (κ3) is 3.64. The molecule has 1 aromatic rings. The molecule has 0 bridgehead atoms. The number of nitrogens with zero attached hydrogens (tertiary/aromatic N) is 1. The lowest BCUT2D eigenvalue weighted by atomic mass is 10.1. The van der Waals surface area contributed by atoms with Gasteiger partial charge in [0.1, 0.15) is 0 Å². The predicted molar refractivity (Wildman–Crippen MR) is 93.4 cm³/mol. The molecule has 0 radical (unpaired) electrons. The molecule has 2 fully saturated rings. The van der Waals surface area contributed by atoms with E-state index in [1.807, 2.05) is 6.92 Å². The van der Waals surface area contributed by atoms with E-state index in [1.54, 1.807) is 23.4 Å². The molecule has 1 amide bonds. The third-order valence-corrected chi connectivity index (χ3v) is 7.11. The van der Waals surface area contributed by atoms with E-state index in [4.69, 9.17) is 0 Å². The Bertz CT molecular complexity index is 720. The highest BCUT2D eigenvalue weighted by atomic mass is 32.2. The van der Waals surface area contributed by atoms with Crippen molar-refractivity contribution in [1.82, 2.24) is 9.62 Å². The van der Waals surface area contributed by atoms with Gasteiger partial charge < -0.3 is 5.32 Å². The maximum atomic E-state index is 12.9. The number of amides is 1. The first-order valence-corrected chi connectivity index (χ1v) is 10.3. The van der Waals surface area contributed by atoms with Crippen LogP contribution in [-0.4, -0.2) is 37.8 Å². The molecule has 1 aromatic carbocycles. The molecule has 1 aliphatic carbocycles. The summed E-state index contributed by atoms with van der Waals surface area (Å²) in [5.74, 6) is 0.375. The van der Waals surface area contributed by atoms with E-state index in [0.717, 1.165) is 32.1 Å². The van der Waals surface area contributed by atoms with Gasteiger partial charge in [0.2, 0.25) is 10.0 Å². The summed E-state index contributed by atoms with van der Waals surface area (Å²) in [6.45, 7) is 4.92. The van der Waals surface area contributed by atoms with Gasteiger partial charge in [-0.3, -0.25) is 4.79 Å². The van der Waals surface area contributed by atoms with Crippen molar-refractivity contribution in [3.8, 4) is 0 Å². The highest BCUT2D eigenvalue weighted by molar-refractivity contribution is 7.89. The summed E-state index contributed by atoms with van der Waals surface area (Å²) in [6.07, 6.45) is 5.19. The lowest BCUT2D eigenvalue weighted by molar-refractivity contribution is 0.0935. The molecule has 5 nitrogen and oxygen atoms in total. The van der Waals surface area contributed by atoms with E-state index in [1.165, 1.54) is 6.07 Å². The van der Waals surface area contributed by atoms with Gasteiger partial charge in [0.05, 0.1) is 4.90 Å². The molecule has 6 heteroatoms. The Morgan fingerprint density at radius 3 is 2.50 bits per heavy atom. The number of hydrogen-bond donors (Lipinski definition) is 1. The zero-order chi connectivity index (χ0) is 17.3. The van der Waals surface area contributed by atoms with Gasteiger partial charge in [-0.2, -0.15) is 4.31 Å². The molecule has 0 unspecified atom stereocenters. The van der Waals surface area contributed by atoms with Crippen LogP contribution in [0.15, 0.2) is 23.1 Å². The van der Waals surface area contributed by atoms with Crippen molar-refractivity contribution in [2.45, 2.75) is 56.9 Å². The fourth-order valence-electron chi connectivity index (χ4n) is 3.27. The number of benzene rings is 1. The number of piperidine rings is 1. The van der Waals surface area contributed by atoms with Gasteiger partial charge in [-0.05, 0) is 63.1 Å². The first kappa shape index (κ1) is 17.4. The largest absolute Gasteiger partial charge is 0.349 e. The van der Waals surface area contributed by atoms with Crippen LogP contribution in [0.1, 0.15) is 54.9 Å². The van der Waals surface area contributed by atoms with Crippen LogP contribution in [0.2, 0.25) is 0 Å². The highest BCUT2D eigenvalue weighted by Crippen LogP contribution is 2.32. The van der Waals surface area contributed by atoms with Gasteiger partial charge >= 0.3 is 0 Å². The molecule has 1 saturated heterocycles. The van der Waals surface area contributed by atoms with Crippen molar-refractivity contribution in [3.05, 3.63) is 29.3 Å². The monoisotopic (exact) mass is 350 g/mol. The van der Waals surface area contributed by atoms with Crippen LogP contribution >= 0.6 is 0 Å². The van der Waals surface area contributed by atoms with Crippen LogP contribution in [0.3, 0.4) is 0 Å². The lowest BCUT2D eigenvalue weighted by Gasteiger charge is -2.26. The highest BCUT2D eigenvalue weighted by Gasteiger charge is 2.30. The molecule has 1 N–H and O–H groups in total. The quantitative estimate of drug-likeness (QED) is 0.888. The van der Waals surface area contributed by atoms with Gasteiger partial charge in [-0.1, -0.05) is 12.5 Å². The molecule has 2 aliphatic rings. The average Bonchev–Trinajstić information content (AvgIpc) is 3.40. The second-order valence-corrected chi connectivity index (χ2v) is 8.95. The Morgan fingerprint density at radius 1 is 1.21 bits per heavy atom. The zero-order valence-corrected chi connectivity index (χ0v) is 15.2. The van der Waals surface area contributed by atoms with E-state index in [-0.39, 0.29) is 16.8 Å². The fourth-order valence-corrected chi connectivity index (χ4v) is 5.04. The second-order valence-electron chi connectivity index (χ2n) is 7.04. The lowest BCUT2D eigenvalue weighted by Crippen LogP contribution is -2.36. The van der Waals surface area contributed by atoms with Crippen molar-refractivity contribution >= 4 is 15.9 Å². The van der Waals surface area contributed by atoms with Gasteiger partial charge in [-0.15, -0.1) is 0 Å². The second kappa shape index (κ2) is 6.84. The number of sulfonamides is 1. The van der Waals surface area contributed by atoms with Crippen LogP contribution < -0.4 is 5.32 Å². The zero-order valence-electron chi connectivity index (χ0n) is 14.4. The molecule has 1 saturated carbocycles. The third-order valence-electron chi connectivity index (χ3n) is 5.07. The first-order chi connectivity index (χ1) is 11.4. The van der Waals surface area contributed by atoms with Crippen molar-refractivity contribution in [3.63, 3.8) is 0 Å². The molecule has 24 heavy (non-hydrogen) atoms. The Hall–Kier alpha value is -1.40. The number of hydrogen-bond acceptors (Lipinski definition) is 3. The molecule has 1 aliphatic heterocycles. The summed E-state index contributed by atoms with van der Waals surface area (Å²) in [6, 6.07) is 5.11. The molecule has 1 heterocycles. The minimum Gasteiger partial charge on any atom is -0.349 e. The standard InChI is InChI=1S/C18H26N2O3S/c1-13-6-7-16(18(21)19-14(2)15-8-9-15)12-17(13)24(22,23)20-10-4-3-5-11-20/h6-7,12,14-15H,3-5,8-11H2,1-2H3,(H,19,21)/t14-/m1/s1. The topological polar surface area (TPSA) is 66.5 Å². The van der Waals surface area contributed by atoms with Gasteiger partial charge in [-0.25, -0.2) is 8.42 Å². The maximum Gasteiger partial charge on any atom is 0.251 e. The SMILES string of the molecule is Cc1ccc(C(=O)N[C@H](C)C2CC2)cc1S(=O)(=O)N1CCCCC1. The van der Waals surface area contributed by atoms with Crippen molar-refractivity contribution in [2.24, 2.45) is 5.92 Å². The summed E-state index contributed by atoms with van der Waals surface area (Å²) in [7, 11) is -3.53. The summed E-state index contributed by atoms with van der Waals surface area (Å²) in [4.78, 5) is 12.7. The molecular weight excluding hydrogens is 324 g/mol. The van der Waals surface area contributed by atoms with E-state index in [9.17, 15) is 13.2 Å². The van der Waals surface area contributed by atoms with E-state index >= 15 is 0 Å². The van der Waals surface area contributed by atoms with Gasteiger partial charge in [0.15, 0.2) is 0 Å². The summed E-state index contributed by atoms with van der Waals surface area (Å²) in [5, 5.41) is 2.99. The summed E-state index contributed by atoms with van der Waals surface area (Å²) < 4.78 is 27.4. The average molecular weight is 350 g/mol. The van der Waals surface area contributed by atoms with Gasteiger partial charge in [0.25, 0.3) is 5.91 Å². The number of carbonyl (C=O) groups is 1. The molecule has 1 atom stereocenters. The Kier molecular flexibility index (Phi) is 4.97. The molecule has 132 valence electrons. The molecule has 0 spiro atoms. The molecular formula is C18H26N2O3S. The fraction of sp³-hybridized carbons (Fsp3) is 0.611. The van der Waals surface area contributed by atoms with E-state index in [2.05, 4.69) is 5.32 Å².